The Kier molecular flexibility index (Phi) is 6.33. The second-order valence-corrected chi connectivity index (χ2v) is 9.36. The molecule has 0 spiro atoms. The average Bonchev–Trinajstić information content (AvgIpc) is 3.48. The summed E-state index contributed by atoms with van der Waals surface area (Å²) in [5, 5.41) is 17.2. The van der Waals surface area contributed by atoms with E-state index in [4.69, 9.17) is 0 Å². The Labute approximate surface area is 204 Å². The molecule has 192 valence electrons. The highest BCUT2D eigenvalue weighted by atomic mass is 19.4. The molecule has 4 N–H and O–H groups in total. The number of carbonyl (C=O) groups excluding carboxylic acids is 1. The van der Waals surface area contributed by atoms with Gasteiger partial charge >= 0.3 is 6.18 Å². The van der Waals surface area contributed by atoms with Crippen molar-refractivity contribution in [2.45, 2.75) is 43.8 Å². The van der Waals surface area contributed by atoms with Gasteiger partial charge in [-0.3, -0.25) is 4.79 Å². The van der Waals surface area contributed by atoms with Crippen LogP contribution < -0.4 is 10.6 Å². The molecule has 0 aliphatic carbocycles. The summed E-state index contributed by atoms with van der Waals surface area (Å²) in [5.74, 6) is -0.212. The Morgan fingerprint density at radius 2 is 2.17 bits per heavy atom. The van der Waals surface area contributed by atoms with E-state index in [9.17, 15) is 27.5 Å². The van der Waals surface area contributed by atoms with Crippen molar-refractivity contribution in [1.29, 1.82) is 0 Å². The van der Waals surface area contributed by atoms with Crippen molar-refractivity contribution in [1.82, 2.24) is 25.2 Å². The molecule has 1 aromatic carbocycles. The molecule has 2 aromatic heterocycles. The molecule has 3 aromatic rings. The largest absolute Gasteiger partial charge is 0.419 e. The Morgan fingerprint density at radius 1 is 1.33 bits per heavy atom. The number of rotatable bonds is 5. The van der Waals surface area contributed by atoms with Crippen molar-refractivity contribution in [3.05, 3.63) is 41.7 Å². The SMILES string of the molecule is O=C(c1ccc2c(-c3nc(N[C@H]4CCCNC4)ncc3CF)c[nH]c2c1)N1CC[C@@](O)(C(F)(F)F)C1. The zero-order chi connectivity index (χ0) is 25.5. The Morgan fingerprint density at radius 3 is 2.86 bits per heavy atom. The van der Waals surface area contributed by atoms with Gasteiger partial charge in [0.25, 0.3) is 5.91 Å². The summed E-state index contributed by atoms with van der Waals surface area (Å²) in [6.45, 7) is -0.0238. The van der Waals surface area contributed by atoms with Gasteiger partial charge in [-0.25, -0.2) is 14.4 Å². The first-order valence-corrected chi connectivity index (χ1v) is 11.8. The van der Waals surface area contributed by atoms with Gasteiger partial charge in [0.2, 0.25) is 5.95 Å². The predicted octanol–water partition coefficient (Wildman–Crippen LogP) is 3.40. The maximum absolute atomic E-state index is 13.8. The van der Waals surface area contributed by atoms with Gasteiger partial charge in [0.1, 0.15) is 6.67 Å². The summed E-state index contributed by atoms with van der Waals surface area (Å²) < 4.78 is 53.2. The molecular weight excluding hydrogens is 480 g/mol. The molecule has 2 aliphatic heterocycles. The van der Waals surface area contributed by atoms with Gasteiger partial charge in [0.05, 0.1) is 12.2 Å². The second-order valence-electron chi connectivity index (χ2n) is 9.36. The van der Waals surface area contributed by atoms with Crippen LogP contribution in [0.2, 0.25) is 0 Å². The molecule has 36 heavy (non-hydrogen) atoms. The fourth-order valence-electron chi connectivity index (χ4n) is 4.80. The van der Waals surface area contributed by atoms with Gasteiger partial charge < -0.3 is 25.6 Å². The maximum atomic E-state index is 13.8. The molecule has 8 nitrogen and oxygen atoms in total. The summed E-state index contributed by atoms with van der Waals surface area (Å²) in [4.78, 5) is 25.7. The molecule has 2 aliphatic rings. The van der Waals surface area contributed by atoms with E-state index in [-0.39, 0.29) is 18.2 Å². The van der Waals surface area contributed by atoms with Crippen LogP contribution in [0.5, 0.6) is 0 Å². The number of H-pyrrole nitrogens is 1. The Bertz CT molecular complexity index is 1270. The van der Waals surface area contributed by atoms with Crippen LogP contribution in [0.4, 0.5) is 23.5 Å². The van der Waals surface area contributed by atoms with Gasteiger partial charge in [-0.2, -0.15) is 13.2 Å². The number of aromatic nitrogens is 3. The molecule has 1 amide bonds. The number of carbonyl (C=O) groups is 1. The van der Waals surface area contributed by atoms with Crippen LogP contribution in [0.1, 0.15) is 35.2 Å². The minimum absolute atomic E-state index is 0.167. The van der Waals surface area contributed by atoms with Crippen LogP contribution in [0.3, 0.4) is 0 Å². The predicted molar refractivity (Wildman–Crippen MR) is 125 cm³/mol. The summed E-state index contributed by atoms with van der Waals surface area (Å²) in [6.07, 6.45) is -0.268. The molecule has 0 radical (unpaired) electrons. The van der Waals surface area contributed by atoms with Crippen molar-refractivity contribution < 1.29 is 27.5 Å². The van der Waals surface area contributed by atoms with Crippen molar-refractivity contribution in [3.63, 3.8) is 0 Å². The number of fused-ring (bicyclic) bond motifs is 1. The smallest absolute Gasteiger partial charge is 0.379 e. The van der Waals surface area contributed by atoms with Crippen LogP contribution in [0.25, 0.3) is 22.2 Å². The van der Waals surface area contributed by atoms with Gasteiger partial charge in [0.15, 0.2) is 5.60 Å². The van der Waals surface area contributed by atoms with E-state index in [1.54, 1.807) is 12.3 Å². The normalized spacial score (nSPS) is 22.8. The molecule has 2 saturated heterocycles. The van der Waals surface area contributed by atoms with E-state index in [0.29, 0.717) is 33.7 Å². The summed E-state index contributed by atoms with van der Waals surface area (Å²) in [7, 11) is 0. The standard InChI is InChI=1S/C24H26F4N6O2/c25-9-15-10-31-22(32-16-2-1-6-29-11-16)33-20(15)18-12-30-19-8-14(3-4-17(18)19)21(35)34-7-5-23(36,13-34)24(26,27)28/h3-4,8,10,12,16,29-30,36H,1-2,5-7,9,11,13H2,(H,31,32,33)/t16-,23-/m0/s1. The van der Waals surface area contributed by atoms with E-state index >= 15 is 0 Å². The fraction of sp³-hybridized carbons (Fsp3) is 0.458. The number of hydrogen-bond acceptors (Lipinski definition) is 6. The number of benzene rings is 1. The Hall–Kier alpha value is -3.25. The number of aliphatic hydroxyl groups is 1. The summed E-state index contributed by atoms with van der Waals surface area (Å²) in [6, 6.07) is 4.87. The number of hydrogen-bond donors (Lipinski definition) is 4. The van der Waals surface area contributed by atoms with Crippen molar-refractivity contribution in [2.24, 2.45) is 0 Å². The van der Waals surface area contributed by atoms with Crippen LogP contribution in [0.15, 0.2) is 30.6 Å². The monoisotopic (exact) mass is 506 g/mol. The van der Waals surface area contributed by atoms with Gasteiger partial charge in [0, 0.05) is 65.5 Å². The minimum atomic E-state index is -4.81. The molecule has 2 fully saturated rings. The fourth-order valence-corrected chi connectivity index (χ4v) is 4.80. The molecule has 0 unspecified atom stereocenters. The number of piperidine rings is 1. The summed E-state index contributed by atoms with van der Waals surface area (Å²) >= 11 is 0. The van der Waals surface area contributed by atoms with Crippen LogP contribution in [0, 0.1) is 0 Å². The lowest BCUT2D eigenvalue weighted by molar-refractivity contribution is -0.253. The number of β-amino-alcohol motifs (C(OH)–C–C–N with tert-alkyl or cyclic N) is 1. The summed E-state index contributed by atoms with van der Waals surface area (Å²) in [5.41, 5.74) is -0.817. The first-order valence-electron chi connectivity index (χ1n) is 11.8. The lowest BCUT2D eigenvalue weighted by Crippen LogP contribution is -2.48. The third kappa shape index (κ3) is 4.50. The lowest BCUT2D eigenvalue weighted by atomic mass is 10.0. The van der Waals surface area contributed by atoms with Crippen LogP contribution in [-0.4, -0.2) is 74.9 Å². The average molecular weight is 507 g/mol. The maximum Gasteiger partial charge on any atom is 0.419 e. The third-order valence-electron chi connectivity index (χ3n) is 6.89. The van der Waals surface area contributed by atoms with Crippen LogP contribution in [-0.2, 0) is 6.67 Å². The molecule has 12 heteroatoms. The van der Waals surface area contributed by atoms with E-state index in [1.807, 2.05) is 0 Å². The molecular formula is C24H26F4N6O2. The molecule has 2 atom stereocenters. The van der Waals surface area contributed by atoms with E-state index < -0.39 is 37.3 Å². The molecule has 0 saturated carbocycles. The molecule has 5 rings (SSSR count). The van der Waals surface area contributed by atoms with E-state index in [1.165, 1.54) is 18.3 Å². The number of likely N-dealkylation sites (tertiary alicyclic amines) is 1. The minimum Gasteiger partial charge on any atom is -0.379 e. The number of aromatic amines is 1. The third-order valence-corrected chi connectivity index (χ3v) is 6.89. The number of halogens is 4. The number of amides is 1. The number of nitrogens with one attached hydrogen (secondary N) is 3. The topological polar surface area (TPSA) is 106 Å². The second kappa shape index (κ2) is 9.32. The van der Waals surface area contributed by atoms with Gasteiger partial charge in [-0.05, 0) is 31.5 Å². The number of nitrogens with zero attached hydrogens (tertiary/aromatic N) is 3. The van der Waals surface area contributed by atoms with Gasteiger partial charge in [-0.1, -0.05) is 6.07 Å². The van der Waals surface area contributed by atoms with Crippen molar-refractivity contribution >= 4 is 22.8 Å². The Balaban J connectivity index is 1.41. The lowest BCUT2D eigenvalue weighted by Gasteiger charge is -2.25. The molecule has 4 heterocycles. The van der Waals surface area contributed by atoms with E-state index in [0.717, 1.165) is 30.8 Å². The zero-order valence-electron chi connectivity index (χ0n) is 19.3. The zero-order valence-corrected chi connectivity index (χ0v) is 19.3. The highest BCUT2D eigenvalue weighted by Crippen LogP contribution is 2.38. The van der Waals surface area contributed by atoms with E-state index in [2.05, 4.69) is 25.6 Å². The number of alkyl halides is 4. The van der Waals surface area contributed by atoms with Crippen molar-refractivity contribution in [3.8, 4) is 11.3 Å². The molecule has 0 bridgehead atoms. The first kappa shape index (κ1) is 24.4. The van der Waals surface area contributed by atoms with Crippen LogP contribution >= 0.6 is 0 Å². The highest BCUT2D eigenvalue weighted by Gasteiger charge is 2.57. The highest BCUT2D eigenvalue weighted by molar-refractivity contribution is 6.02. The quantitative estimate of drug-likeness (QED) is 0.396. The van der Waals surface area contributed by atoms with Crippen molar-refractivity contribution in [2.75, 3.05) is 31.5 Å². The first-order chi connectivity index (χ1) is 17.2. The van der Waals surface area contributed by atoms with Gasteiger partial charge in [-0.15, -0.1) is 0 Å². The number of anilines is 1.